The first-order valence-corrected chi connectivity index (χ1v) is 7.09. The third-order valence-corrected chi connectivity index (χ3v) is 3.66. The molecule has 1 fully saturated rings. The molecule has 4 nitrogen and oxygen atoms in total. The fourth-order valence-electron chi connectivity index (χ4n) is 2.66. The average molecular weight is 256 g/mol. The summed E-state index contributed by atoms with van der Waals surface area (Å²) in [5.41, 5.74) is -0.0549. The van der Waals surface area contributed by atoms with E-state index in [1.165, 1.54) is 6.42 Å². The lowest BCUT2D eigenvalue weighted by Crippen LogP contribution is -2.48. The molecule has 0 heterocycles. The normalized spacial score (nSPS) is 17.6. The largest absolute Gasteiger partial charge is 0.383 e. The van der Waals surface area contributed by atoms with Crippen LogP contribution in [-0.2, 0) is 9.53 Å². The van der Waals surface area contributed by atoms with Gasteiger partial charge in [0.05, 0.1) is 6.61 Å². The molecule has 0 saturated heterocycles. The van der Waals surface area contributed by atoms with Crippen molar-refractivity contribution in [3.63, 3.8) is 0 Å². The van der Waals surface area contributed by atoms with Gasteiger partial charge in [0.2, 0.25) is 5.91 Å². The van der Waals surface area contributed by atoms with Crippen LogP contribution < -0.4 is 10.6 Å². The minimum Gasteiger partial charge on any atom is -0.383 e. The number of hydrogen-bond donors (Lipinski definition) is 2. The minimum atomic E-state index is -0.0549. The summed E-state index contributed by atoms with van der Waals surface area (Å²) in [6.07, 6.45) is 4.35. The van der Waals surface area contributed by atoms with Gasteiger partial charge in [-0.1, -0.05) is 20.3 Å². The van der Waals surface area contributed by atoms with Gasteiger partial charge in [-0.15, -0.1) is 0 Å². The molecule has 0 aromatic heterocycles. The minimum absolute atomic E-state index is 0.0549. The van der Waals surface area contributed by atoms with E-state index in [-0.39, 0.29) is 11.3 Å². The summed E-state index contributed by atoms with van der Waals surface area (Å²) in [6.45, 7) is 7.46. The number of hydrogen-bond acceptors (Lipinski definition) is 3. The molecule has 1 aliphatic carbocycles. The first-order chi connectivity index (χ1) is 8.60. The Hall–Kier alpha value is -0.610. The molecule has 0 aliphatic heterocycles. The number of ether oxygens (including phenoxy) is 1. The Labute approximate surface area is 111 Å². The quantitative estimate of drug-likeness (QED) is 0.616. The molecule has 106 valence electrons. The van der Waals surface area contributed by atoms with Gasteiger partial charge in [-0.3, -0.25) is 4.79 Å². The van der Waals surface area contributed by atoms with Crippen LogP contribution >= 0.6 is 0 Å². The molecular formula is C14H28N2O2. The summed E-state index contributed by atoms with van der Waals surface area (Å²) in [5, 5.41) is 6.30. The lowest BCUT2D eigenvalue weighted by Gasteiger charge is -2.41. The number of methoxy groups -OCH3 is 1. The second-order valence-corrected chi connectivity index (χ2v) is 5.73. The Morgan fingerprint density at radius 3 is 2.50 bits per heavy atom. The van der Waals surface area contributed by atoms with E-state index in [0.717, 1.165) is 32.4 Å². The van der Waals surface area contributed by atoms with Gasteiger partial charge in [0, 0.05) is 32.2 Å². The van der Waals surface area contributed by atoms with E-state index in [4.69, 9.17) is 4.74 Å². The molecular weight excluding hydrogens is 228 g/mol. The zero-order valence-corrected chi connectivity index (χ0v) is 12.1. The van der Waals surface area contributed by atoms with Crippen molar-refractivity contribution < 1.29 is 9.53 Å². The molecule has 2 N–H and O–H groups in total. The molecule has 0 spiro atoms. The Morgan fingerprint density at radius 2 is 2.00 bits per heavy atom. The van der Waals surface area contributed by atoms with Crippen LogP contribution in [0.25, 0.3) is 0 Å². The fourth-order valence-corrected chi connectivity index (χ4v) is 2.66. The van der Waals surface area contributed by atoms with Crippen molar-refractivity contribution in [1.82, 2.24) is 10.6 Å². The summed E-state index contributed by atoms with van der Waals surface area (Å²) in [7, 11) is 1.69. The molecule has 0 aromatic carbocycles. The molecule has 0 radical (unpaired) electrons. The van der Waals surface area contributed by atoms with Crippen molar-refractivity contribution >= 4 is 5.91 Å². The van der Waals surface area contributed by atoms with E-state index in [2.05, 4.69) is 24.5 Å². The van der Waals surface area contributed by atoms with Crippen LogP contribution in [0.5, 0.6) is 0 Å². The van der Waals surface area contributed by atoms with Crippen molar-refractivity contribution in [3.05, 3.63) is 0 Å². The molecule has 0 aromatic rings. The maximum absolute atomic E-state index is 12.2. The Morgan fingerprint density at radius 1 is 1.28 bits per heavy atom. The van der Waals surface area contributed by atoms with Crippen LogP contribution in [0.15, 0.2) is 0 Å². The maximum atomic E-state index is 12.2. The molecule has 1 rings (SSSR count). The van der Waals surface area contributed by atoms with Crippen molar-refractivity contribution in [2.45, 2.75) is 39.5 Å². The Balaban J connectivity index is 2.18. The van der Waals surface area contributed by atoms with Crippen LogP contribution in [0.4, 0.5) is 0 Å². The molecule has 1 aliphatic rings. The highest BCUT2D eigenvalue weighted by atomic mass is 16.5. The summed E-state index contributed by atoms with van der Waals surface area (Å²) in [4.78, 5) is 12.2. The van der Waals surface area contributed by atoms with Gasteiger partial charge >= 0.3 is 0 Å². The van der Waals surface area contributed by atoms with Crippen molar-refractivity contribution in [2.75, 3.05) is 33.4 Å². The maximum Gasteiger partial charge on any atom is 0.226 e. The number of nitrogens with one attached hydrogen (secondary N) is 2. The SMILES string of the molecule is COCCNCCNC(=O)C1(CC(C)C)CCC1. The number of carbonyl (C=O) groups is 1. The lowest BCUT2D eigenvalue weighted by atomic mass is 9.64. The van der Waals surface area contributed by atoms with Gasteiger partial charge in [0.15, 0.2) is 0 Å². The van der Waals surface area contributed by atoms with Gasteiger partial charge in [0.25, 0.3) is 0 Å². The third kappa shape index (κ3) is 4.58. The average Bonchev–Trinajstić information content (AvgIpc) is 2.27. The van der Waals surface area contributed by atoms with Gasteiger partial charge in [-0.2, -0.15) is 0 Å². The van der Waals surface area contributed by atoms with Crippen molar-refractivity contribution in [2.24, 2.45) is 11.3 Å². The lowest BCUT2D eigenvalue weighted by molar-refractivity contribution is -0.137. The highest BCUT2D eigenvalue weighted by molar-refractivity contribution is 5.83. The van der Waals surface area contributed by atoms with Crippen molar-refractivity contribution in [1.29, 1.82) is 0 Å². The van der Waals surface area contributed by atoms with E-state index in [0.29, 0.717) is 19.1 Å². The molecule has 4 heteroatoms. The van der Waals surface area contributed by atoms with Crippen LogP contribution in [0, 0.1) is 11.3 Å². The van der Waals surface area contributed by atoms with E-state index in [1.807, 2.05) is 0 Å². The zero-order valence-electron chi connectivity index (χ0n) is 12.1. The Bertz CT molecular complexity index is 250. The molecule has 1 amide bonds. The van der Waals surface area contributed by atoms with Crippen LogP contribution in [0.1, 0.15) is 39.5 Å². The smallest absolute Gasteiger partial charge is 0.226 e. The number of carbonyl (C=O) groups excluding carboxylic acids is 1. The summed E-state index contributed by atoms with van der Waals surface area (Å²) in [6, 6.07) is 0. The topological polar surface area (TPSA) is 50.4 Å². The second kappa shape index (κ2) is 7.74. The first kappa shape index (κ1) is 15.4. The van der Waals surface area contributed by atoms with Gasteiger partial charge in [-0.05, 0) is 25.2 Å². The summed E-state index contributed by atoms with van der Waals surface area (Å²) >= 11 is 0. The van der Waals surface area contributed by atoms with E-state index in [9.17, 15) is 4.79 Å². The van der Waals surface area contributed by atoms with Gasteiger partial charge in [0.1, 0.15) is 0 Å². The van der Waals surface area contributed by atoms with E-state index in [1.54, 1.807) is 7.11 Å². The second-order valence-electron chi connectivity index (χ2n) is 5.73. The molecule has 1 saturated carbocycles. The van der Waals surface area contributed by atoms with Gasteiger partial charge in [-0.25, -0.2) is 0 Å². The highest BCUT2D eigenvalue weighted by Gasteiger charge is 2.43. The predicted octanol–water partition coefficient (Wildman–Crippen LogP) is 1.55. The molecule has 18 heavy (non-hydrogen) atoms. The van der Waals surface area contributed by atoms with Crippen LogP contribution in [0.3, 0.4) is 0 Å². The first-order valence-electron chi connectivity index (χ1n) is 7.09. The van der Waals surface area contributed by atoms with E-state index >= 15 is 0 Å². The molecule has 0 bridgehead atoms. The molecule has 0 unspecified atom stereocenters. The van der Waals surface area contributed by atoms with E-state index < -0.39 is 0 Å². The fraction of sp³-hybridized carbons (Fsp3) is 0.929. The number of amides is 1. The standard InChI is InChI=1S/C14H28N2O2/c1-12(2)11-14(5-4-6-14)13(17)16-8-7-15-9-10-18-3/h12,15H,4-11H2,1-3H3,(H,16,17). The summed E-state index contributed by atoms with van der Waals surface area (Å²) in [5.74, 6) is 0.854. The molecule has 0 atom stereocenters. The third-order valence-electron chi connectivity index (χ3n) is 3.66. The number of rotatable bonds is 9. The predicted molar refractivity (Wildman–Crippen MR) is 73.5 cm³/mol. The Kier molecular flexibility index (Phi) is 6.65. The monoisotopic (exact) mass is 256 g/mol. The van der Waals surface area contributed by atoms with Crippen molar-refractivity contribution in [3.8, 4) is 0 Å². The van der Waals surface area contributed by atoms with Crippen LogP contribution in [0.2, 0.25) is 0 Å². The highest BCUT2D eigenvalue weighted by Crippen LogP contribution is 2.45. The van der Waals surface area contributed by atoms with Crippen LogP contribution in [-0.4, -0.2) is 39.3 Å². The zero-order chi connectivity index (χ0) is 13.4. The van der Waals surface area contributed by atoms with Gasteiger partial charge < -0.3 is 15.4 Å². The summed E-state index contributed by atoms with van der Waals surface area (Å²) < 4.78 is 4.94.